The molecule has 0 saturated carbocycles. The minimum absolute atomic E-state index is 0.0208. The van der Waals surface area contributed by atoms with E-state index in [0.29, 0.717) is 10.2 Å². The van der Waals surface area contributed by atoms with E-state index in [0.717, 1.165) is 0 Å². The molecule has 7 nitrogen and oxygen atoms in total. The first-order valence-electron chi connectivity index (χ1n) is 6.75. The number of thiazole rings is 1. The summed E-state index contributed by atoms with van der Waals surface area (Å²) in [5, 5.41) is 13.5. The normalized spacial score (nSPS) is 10.5. The number of non-ortho nitro benzene ring substituents is 1. The Balaban J connectivity index is 1.67. The zero-order chi connectivity index (χ0) is 17.1. The Morgan fingerprint density at radius 1 is 1.33 bits per heavy atom. The Hall–Kier alpha value is -3.07. The number of hydrogen-bond acceptors (Lipinski definition) is 6. The third-order valence-corrected chi connectivity index (χ3v) is 3.98. The maximum Gasteiger partial charge on any atom is 0.271 e. The van der Waals surface area contributed by atoms with E-state index < -0.39 is 16.6 Å². The van der Waals surface area contributed by atoms with Crippen molar-refractivity contribution in [2.45, 2.75) is 0 Å². The number of anilines is 1. The van der Waals surface area contributed by atoms with Gasteiger partial charge in [-0.25, -0.2) is 9.37 Å². The van der Waals surface area contributed by atoms with E-state index in [-0.39, 0.29) is 23.2 Å². The molecular formula is C15H10FN3O4S. The van der Waals surface area contributed by atoms with E-state index in [1.165, 1.54) is 41.7 Å². The molecule has 0 aliphatic rings. The number of nitrogens with zero attached hydrogens (tertiary/aromatic N) is 2. The lowest BCUT2D eigenvalue weighted by Gasteiger charge is -2.06. The Morgan fingerprint density at radius 2 is 2.12 bits per heavy atom. The molecule has 0 radical (unpaired) electrons. The number of fused-ring (bicyclic) bond motifs is 1. The fraction of sp³-hybridized carbons (Fsp3) is 0.0667. The van der Waals surface area contributed by atoms with Crippen LogP contribution < -0.4 is 10.1 Å². The number of rotatable bonds is 5. The molecule has 24 heavy (non-hydrogen) atoms. The second-order valence-electron chi connectivity index (χ2n) is 4.70. The van der Waals surface area contributed by atoms with Gasteiger partial charge in [0, 0.05) is 12.1 Å². The minimum Gasteiger partial charge on any atom is -0.481 e. The molecular weight excluding hydrogens is 337 g/mol. The summed E-state index contributed by atoms with van der Waals surface area (Å²) in [5.74, 6) is -1.09. The molecule has 9 heteroatoms. The third-order valence-electron chi connectivity index (χ3n) is 3.02. The van der Waals surface area contributed by atoms with Gasteiger partial charge in [-0.3, -0.25) is 20.2 Å². The van der Waals surface area contributed by atoms with Gasteiger partial charge >= 0.3 is 0 Å². The van der Waals surface area contributed by atoms with Crippen LogP contribution in [0.2, 0.25) is 0 Å². The van der Waals surface area contributed by atoms with Crippen LogP contribution in [0.25, 0.3) is 10.2 Å². The van der Waals surface area contributed by atoms with Crippen LogP contribution in [0.5, 0.6) is 5.75 Å². The molecule has 3 rings (SSSR count). The number of carbonyl (C=O) groups is 1. The first-order valence-corrected chi connectivity index (χ1v) is 7.57. The number of para-hydroxylation sites is 1. The van der Waals surface area contributed by atoms with Crippen molar-refractivity contribution in [2.75, 3.05) is 11.9 Å². The fourth-order valence-electron chi connectivity index (χ4n) is 1.94. The molecule has 0 unspecified atom stereocenters. The van der Waals surface area contributed by atoms with Gasteiger partial charge in [-0.2, -0.15) is 0 Å². The summed E-state index contributed by atoms with van der Waals surface area (Å²) in [6.07, 6.45) is 0. The first kappa shape index (κ1) is 15.8. The van der Waals surface area contributed by atoms with Gasteiger partial charge in [0.05, 0.1) is 15.1 Å². The molecule has 1 heterocycles. The van der Waals surface area contributed by atoms with Crippen LogP contribution in [-0.4, -0.2) is 22.4 Å². The summed E-state index contributed by atoms with van der Waals surface area (Å²) < 4.78 is 19.2. The molecule has 0 bridgehead atoms. The predicted molar refractivity (Wildman–Crippen MR) is 86.8 cm³/mol. The number of benzene rings is 2. The number of halogens is 1. The number of aromatic nitrogens is 1. The molecule has 0 fully saturated rings. The van der Waals surface area contributed by atoms with Crippen molar-refractivity contribution in [3.8, 4) is 5.75 Å². The van der Waals surface area contributed by atoms with E-state index in [1.807, 2.05) is 0 Å². The average molecular weight is 347 g/mol. The SMILES string of the molecule is O=C(COc1ccccc1F)Nc1nc2cc([N+](=O)[O-])ccc2s1. The lowest BCUT2D eigenvalue weighted by molar-refractivity contribution is -0.384. The Kier molecular flexibility index (Phi) is 4.34. The van der Waals surface area contributed by atoms with E-state index in [4.69, 9.17) is 4.74 Å². The van der Waals surface area contributed by atoms with Gasteiger partial charge in [0.25, 0.3) is 11.6 Å². The topological polar surface area (TPSA) is 94.4 Å². The van der Waals surface area contributed by atoms with Crippen molar-refractivity contribution in [3.05, 3.63) is 58.4 Å². The van der Waals surface area contributed by atoms with Gasteiger partial charge in [0.1, 0.15) is 0 Å². The molecule has 0 atom stereocenters. The van der Waals surface area contributed by atoms with Gasteiger partial charge in [0.15, 0.2) is 23.3 Å². The molecule has 3 aromatic rings. The Bertz CT molecular complexity index is 928. The summed E-state index contributed by atoms with van der Waals surface area (Å²) in [4.78, 5) is 26.2. The zero-order valence-corrected chi connectivity index (χ0v) is 12.9. The molecule has 0 spiro atoms. The Labute approximate surface area is 138 Å². The van der Waals surface area contributed by atoms with Crippen molar-refractivity contribution in [1.82, 2.24) is 4.98 Å². The van der Waals surface area contributed by atoms with E-state index in [1.54, 1.807) is 12.1 Å². The average Bonchev–Trinajstić information content (AvgIpc) is 2.95. The summed E-state index contributed by atoms with van der Waals surface area (Å²) >= 11 is 1.18. The summed E-state index contributed by atoms with van der Waals surface area (Å²) in [7, 11) is 0. The van der Waals surface area contributed by atoms with Crippen molar-refractivity contribution in [1.29, 1.82) is 0 Å². The highest BCUT2D eigenvalue weighted by Crippen LogP contribution is 2.28. The largest absolute Gasteiger partial charge is 0.481 e. The number of nitrogens with one attached hydrogen (secondary N) is 1. The van der Waals surface area contributed by atoms with Crippen LogP contribution in [0.4, 0.5) is 15.2 Å². The van der Waals surface area contributed by atoms with Crippen molar-refractivity contribution < 1.29 is 18.8 Å². The van der Waals surface area contributed by atoms with Crippen LogP contribution in [0.1, 0.15) is 0 Å². The molecule has 0 aliphatic carbocycles. The smallest absolute Gasteiger partial charge is 0.271 e. The maximum absolute atomic E-state index is 13.4. The van der Waals surface area contributed by atoms with Crippen LogP contribution in [0.15, 0.2) is 42.5 Å². The first-order chi connectivity index (χ1) is 11.5. The van der Waals surface area contributed by atoms with Gasteiger partial charge in [0.2, 0.25) is 0 Å². The molecule has 2 aromatic carbocycles. The zero-order valence-electron chi connectivity index (χ0n) is 12.1. The van der Waals surface area contributed by atoms with E-state index in [2.05, 4.69) is 10.3 Å². The number of amides is 1. The predicted octanol–water partition coefficient (Wildman–Crippen LogP) is 3.36. The summed E-state index contributed by atoms with van der Waals surface area (Å²) in [6.45, 7) is -0.378. The highest BCUT2D eigenvalue weighted by Gasteiger charge is 2.12. The second kappa shape index (κ2) is 6.59. The monoisotopic (exact) mass is 347 g/mol. The van der Waals surface area contributed by atoms with Crippen molar-refractivity contribution in [3.63, 3.8) is 0 Å². The molecule has 1 amide bonds. The highest BCUT2D eigenvalue weighted by molar-refractivity contribution is 7.22. The van der Waals surface area contributed by atoms with Crippen LogP contribution in [0, 0.1) is 15.9 Å². The lowest BCUT2D eigenvalue weighted by atomic mass is 10.3. The number of nitro benzene ring substituents is 1. The van der Waals surface area contributed by atoms with E-state index in [9.17, 15) is 19.3 Å². The maximum atomic E-state index is 13.4. The van der Waals surface area contributed by atoms with Gasteiger partial charge in [-0.1, -0.05) is 23.5 Å². The number of hydrogen-bond donors (Lipinski definition) is 1. The molecule has 0 saturated heterocycles. The van der Waals surface area contributed by atoms with Gasteiger partial charge in [-0.05, 0) is 18.2 Å². The molecule has 1 aromatic heterocycles. The molecule has 0 aliphatic heterocycles. The fourth-order valence-corrected chi connectivity index (χ4v) is 2.81. The molecule has 122 valence electrons. The lowest BCUT2D eigenvalue weighted by Crippen LogP contribution is -2.20. The quantitative estimate of drug-likeness (QED) is 0.564. The highest BCUT2D eigenvalue weighted by atomic mass is 32.1. The van der Waals surface area contributed by atoms with Crippen molar-refractivity contribution >= 4 is 38.3 Å². The van der Waals surface area contributed by atoms with Gasteiger partial charge < -0.3 is 4.74 Å². The summed E-state index contributed by atoms with van der Waals surface area (Å²) in [5.41, 5.74) is 0.341. The summed E-state index contributed by atoms with van der Waals surface area (Å²) in [6, 6.07) is 10.0. The second-order valence-corrected chi connectivity index (χ2v) is 5.73. The third kappa shape index (κ3) is 3.46. The van der Waals surface area contributed by atoms with Crippen molar-refractivity contribution in [2.24, 2.45) is 0 Å². The minimum atomic E-state index is -0.558. The number of ether oxygens (including phenoxy) is 1. The van der Waals surface area contributed by atoms with Crippen LogP contribution in [-0.2, 0) is 4.79 Å². The molecule has 1 N–H and O–H groups in total. The van der Waals surface area contributed by atoms with Crippen LogP contribution >= 0.6 is 11.3 Å². The standard InChI is InChI=1S/C15H10FN3O4S/c16-10-3-1-2-4-12(10)23-8-14(20)18-15-17-11-7-9(19(21)22)5-6-13(11)24-15/h1-7H,8H2,(H,17,18,20). The van der Waals surface area contributed by atoms with Gasteiger partial charge in [-0.15, -0.1) is 0 Å². The number of nitro groups is 1. The van der Waals surface area contributed by atoms with E-state index >= 15 is 0 Å². The number of carbonyl (C=O) groups excluding carboxylic acids is 1. The van der Waals surface area contributed by atoms with Crippen LogP contribution in [0.3, 0.4) is 0 Å². The Morgan fingerprint density at radius 3 is 2.88 bits per heavy atom.